The molecule has 0 amide bonds. The zero-order valence-electron chi connectivity index (χ0n) is 12.4. The van der Waals surface area contributed by atoms with E-state index in [1.165, 1.54) is 0 Å². The number of nitrogens with one attached hydrogen (secondary N) is 1. The largest absolute Gasteiger partial charge is 0.490 e. The predicted molar refractivity (Wildman–Crippen MR) is 77.0 cm³/mol. The molecule has 0 aliphatic rings. The Hall–Kier alpha value is -1.26. The zero-order valence-corrected chi connectivity index (χ0v) is 12.4. The van der Waals surface area contributed by atoms with E-state index in [0.717, 1.165) is 30.0 Å². The number of ether oxygens (including phenoxy) is 3. The van der Waals surface area contributed by atoms with Gasteiger partial charge in [-0.1, -0.05) is 12.1 Å². The molecule has 1 unspecified atom stereocenters. The van der Waals surface area contributed by atoms with Gasteiger partial charge in [-0.3, -0.25) is 0 Å². The quantitative estimate of drug-likeness (QED) is 0.746. The number of hydrogen-bond donors (Lipinski definition) is 1. The zero-order chi connectivity index (χ0) is 14.1. The molecule has 19 heavy (non-hydrogen) atoms. The summed E-state index contributed by atoms with van der Waals surface area (Å²) >= 11 is 0. The summed E-state index contributed by atoms with van der Waals surface area (Å²) < 4.78 is 16.8. The topological polar surface area (TPSA) is 39.7 Å². The summed E-state index contributed by atoms with van der Waals surface area (Å²) in [6, 6.07) is 5.99. The lowest BCUT2D eigenvalue weighted by atomic mass is 10.1. The number of rotatable bonds is 9. The monoisotopic (exact) mass is 267 g/mol. The molecule has 1 aromatic carbocycles. The van der Waals surface area contributed by atoms with E-state index in [4.69, 9.17) is 14.2 Å². The Morgan fingerprint density at radius 3 is 2.74 bits per heavy atom. The molecule has 0 fully saturated rings. The van der Waals surface area contributed by atoms with Crippen molar-refractivity contribution in [2.24, 2.45) is 0 Å². The summed E-state index contributed by atoms with van der Waals surface area (Å²) in [4.78, 5) is 0. The fraction of sp³-hybridized carbons (Fsp3) is 0.600. The molecular weight excluding hydrogens is 242 g/mol. The molecule has 0 aliphatic heterocycles. The molecule has 4 heteroatoms. The van der Waals surface area contributed by atoms with Crippen molar-refractivity contribution in [1.82, 2.24) is 5.32 Å². The minimum absolute atomic E-state index is 0.0946. The summed E-state index contributed by atoms with van der Waals surface area (Å²) in [7, 11) is 3.62. The normalized spacial score (nSPS) is 12.2. The van der Waals surface area contributed by atoms with Crippen molar-refractivity contribution in [3.63, 3.8) is 0 Å². The van der Waals surface area contributed by atoms with Crippen LogP contribution in [0.15, 0.2) is 18.2 Å². The van der Waals surface area contributed by atoms with E-state index >= 15 is 0 Å². The van der Waals surface area contributed by atoms with Gasteiger partial charge in [0, 0.05) is 32.2 Å². The van der Waals surface area contributed by atoms with Crippen LogP contribution < -0.4 is 14.8 Å². The fourth-order valence-electron chi connectivity index (χ4n) is 1.84. The lowest BCUT2D eigenvalue weighted by molar-refractivity contribution is 0.131. The molecule has 0 saturated carbocycles. The van der Waals surface area contributed by atoms with Crippen molar-refractivity contribution in [3.05, 3.63) is 23.8 Å². The molecule has 0 aliphatic carbocycles. The van der Waals surface area contributed by atoms with Crippen LogP contribution in [0.3, 0.4) is 0 Å². The van der Waals surface area contributed by atoms with Crippen molar-refractivity contribution in [1.29, 1.82) is 0 Å². The maximum atomic E-state index is 6.04. The molecule has 1 rings (SSSR count). The molecule has 0 radical (unpaired) electrons. The first kappa shape index (κ1) is 15.8. The number of methoxy groups -OCH3 is 1. The van der Waals surface area contributed by atoms with Crippen molar-refractivity contribution in [3.8, 4) is 11.5 Å². The molecule has 1 atom stereocenters. The smallest absolute Gasteiger partial charge is 0.166 e. The number of benzene rings is 1. The fourth-order valence-corrected chi connectivity index (χ4v) is 1.84. The molecule has 0 aromatic heterocycles. The van der Waals surface area contributed by atoms with E-state index in [2.05, 4.69) is 11.4 Å². The van der Waals surface area contributed by atoms with Gasteiger partial charge in [0.2, 0.25) is 0 Å². The van der Waals surface area contributed by atoms with Crippen molar-refractivity contribution in [2.75, 3.05) is 27.4 Å². The number of para-hydroxylation sites is 1. The van der Waals surface area contributed by atoms with E-state index in [0.29, 0.717) is 13.2 Å². The summed E-state index contributed by atoms with van der Waals surface area (Å²) in [5.74, 6) is 1.64. The number of hydrogen-bond acceptors (Lipinski definition) is 4. The van der Waals surface area contributed by atoms with Gasteiger partial charge in [0.25, 0.3) is 0 Å². The standard InChI is InChI=1S/C15H25NO3/c1-5-18-14-8-6-7-13(11-16-3)15(14)19-12(2)9-10-17-4/h6-8,12,16H,5,9-11H2,1-4H3. The van der Waals surface area contributed by atoms with Gasteiger partial charge in [0.1, 0.15) is 0 Å². The van der Waals surface area contributed by atoms with Gasteiger partial charge in [0.05, 0.1) is 12.7 Å². The Balaban J connectivity index is 2.86. The Bertz CT molecular complexity index is 344. The van der Waals surface area contributed by atoms with Gasteiger partial charge in [-0.25, -0.2) is 0 Å². The summed E-state index contributed by atoms with van der Waals surface area (Å²) in [6.45, 7) is 6.10. The highest BCUT2D eigenvalue weighted by Crippen LogP contribution is 2.32. The Morgan fingerprint density at radius 2 is 2.11 bits per heavy atom. The lowest BCUT2D eigenvalue weighted by Gasteiger charge is -2.20. The van der Waals surface area contributed by atoms with Crippen LogP contribution in [0, 0.1) is 0 Å². The second-order valence-electron chi connectivity index (χ2n) is 4.42. The summed E-state index contributed by atoms with van der Waals surface area (Å²) in [6.07, 6.45) is 0.952. The summed E-state index contributed by atoms with van der Waals surface area (Å²) in [5.41, 5.74) is 1.11. The van der Waals surface area contributed by atoms with Gasteiger partial charge in [-0.2, -0.15) is 0 Å². The van der Waals surface area contributed by atoms with Crippen molar-refractivity contribution < 1.29 is 14.2 Å². The first-order chi connectivity index (χ1) is 9.22. The van der Waals surface area contributed by atoms with E-state index in [9.17, 15) is 0 Å². The van der Waals surface area contributed by atoms with E-state index < -0.39 is 0 Å². The van der Waals surface area contributed by atoms with Crippen LogP contribution in [0.5, 0.6) is 11.5 Å². The highest BCUT2D eigenvalue weighted by Gasteiger charge is 2.13. The van der Waals surface area contributed by atoms with Crippen LogP contribution in [0.2, 0.25) is 0 Å². The van der Waals surface area contributed by atoms with Gasteiger partial charge >= 0.3 is 0 Å². The first-order valence-electron chi connectivity index (χ1n) is 6.77. The Kier molecular flexibility index (Phi) is 7.30. The molecule has 0 spiro atoms. The molecule has 0 heterocycles. The van der Waals surface area contributed by atoms with E-state index in [-0.39, 0.29) is 6.10 Å². The van der Waals surface area contributed by atoms with Gasteiger partial charge in [-0.05, 0) is 27.0 Å². The Labute approximate surface area is 116 Å². The molecule has 4 nitrogen and oxygen atoms in total. The average Bonchev–Trinajstić information content (AvgIpc) is 2.40. The summed E-state index contributed by atoms with van der Waals surface area (Å²) in [5, 5.41) is 3.15. The van der Waals surface area contributed by atoms with Gasteiger partial charge in [-0.15, -0.1) is 0 Å². The van der Waals surface area contributed by atoms with Crippen LogP contribution in [0.1, 0.15) is 25.8 Å². The minimum atomic E-state index is 0.0946. The minimum Gasteiger partial charge on any atom is -0.490 e. The van der Waals surface area contributed by atoms with Crippen LogP contribution in [-0.4, -0.2) is 33.5 Å². The van der Waals surface area contributed by atoms with Crippen LogP contribution in [0.25, 0.3) is 0 Å². The Morgan fingerprint density at radius 1 is 1.32 bits per heavy atom. The van der Waals surface area contributed by atoms with Crippen LogP contribution in [0.4, 0.5) is 0 Å². The SMILES string of the molecule is CCOc1cccc(CNC)c1OC(C)CCOC. The van der Waals surface area contributed by atoms with Crippen LogP contribution >= 0.6 is 0 Å². The van der Waals surface area contributed by atoms with Crippen LogP contribution in [-0.2, 0) is 11.3 Å². The second-order valence-corrected chi connectivity index (χ2v) is 4.42. The maximum Gasteiger partial charge on any atom is 0.166 e. The molecule has 0 bridgehead atoms. The third-order valence-electron chi connectivity index (χ3n) is 2.78. The highest BCUT2D eigenvalue weighted by atomic mass is 16.5. The first-order valence-corrected chi connectivity index (χ1v) is 6.77. The lowest BCUT2D eigenvalue weighted by Crippen LogP contribution is -2.17. The van der Waals surface area contributed by atoms with E-state index in [1.54, 1.807) is 7.11 Å². The third-order valence-corrected chi connectivity index (χ3v) is 2.78. The van der Waals surface area contributed by atoms with Crippen molar-refractivity contribution >= 4 is 0 Å². The third kappa shape index (κ3) is 5.09. The van der Waals surface area contributed by atoms with Gasteiger partial charge in [0.15, 0.2) is 11.5 Å². The van der Waals surface area contributed by atoms with E-state index in [1.807, 2.05) is 33.0 Å². The van der Waals surface area contributed by atoms with Crippen molar-refractivity contribution in [2.45, 2.75) is 32.9 Å². The molecule has 0 saturated heterocycles. The maximum absolute atomic E-state index is 6.04. The highest BCUT2D eigenvalue weighted by molar-refractivity contribution is 5.46. The van der Waals surface area contributed by atoms with Gasteiger partial charge < -0.3 is 19.5 Å². The molecule has 1 aromatic rings. The molecule has 108 valence electrons. The molecule has 1 N–H and O–H groups in total. The predicted octanol–water partition coefficient (Wildman–Crippen LogP) is 2.61. The average molecular weight is 267 g/mol. The second kappa shape index (κ2) is 8.77. The molecular formula is C15H25NO3.